The minimum Gasteiger partial charge on any atom is -0.489 e. The molecule has 0 radical (unpaired) electrons. The van der Waals surface area contributed by atoms with Gasteiger partial charge in [-0.15, -0.1) is 0 Å². The molecule has 0 atom stereocenters. The van der Waals surface area contributed by atoms with Crippen LogP contribution in [0.15, 0.2) is 143 Å². The van der Waals surface area contributed by atoms with E-state index in [0.717, 1.165) is 55.0 Å². The van der Waals surface area contributed by atoms with Crippen molar-refractivity contribution in [1.82, 2.24) is 15.2 Å². The van der Waals surface area contributed by atoms with E-state index in [1.54, 1.807) is 17.0 Å². The first kappa shape index (κ1) is 28.8. The van der Waals surface area contributed by atoms with E-state index in [0.29, 0.717) is 6.61 Å². The van der Waals surface area contributed by atoms with Gasteiger partial charge in [-0.25, -0.2) is 10.1 Å². The molecule has 0 saturated carbocycles. The molecule has 0 aliphatic heterocycles. The monoisotopic (exact) mass is 640 g/mol. The summed E-state index contributed by atoms with van der Waals surface area (Å²) in [6.07, 6.45) is 1.59. The molecular weight excluding hydrogens is 612 g/mol. The number of hydrogen-bond donors (Lipinski definition) is 1. The Morgan fingerprint density at radius 3 is 2.25 bits per heavy atom. The summed E-state index contributed by atoms with van der Waals surface area (Å²) in [5, 5.41) is 8.85. The van der Waals surface area contributed by atoms with E-state index in [1.807, 2.05) is 97.9 Å². The number of carbonyl (C=O) groups excluding carboxylic acids is 1. The molecule has 0 aliphatic rings. The third kappa shape index (κ3) is 7.02. The lowest BCUT2D eigenvalue weighted by Crippen LogP contribution is -2.18. The largest absolute Gasteiger partial charge is 0.489 e. The maximum atomic E-state index is 13.1. The average molecular weight is 642 g/mol. The zero-order valence-electron chi connectivity index (χ0n) is 24.0. The van der Waals surface area contributed by atoms with Gasteiger partial charge >= 0.3 is 0 Å². The van der Waals surface area contributed by atoms with Crippen molar-refractivity contribution in [2.24, 2.45) is 5.10 Å². The maximum absolute atomic E-state index is 13.1. The summed E-state index contributed by atoms with van der Waals surface area (Å²) < 4.78 is 8.71. The van der Waals surface area contributed by atoms with E-state index in [-0.39, 0.29) is 5.69 Å². The number of hydrazone groups is 1. The van der Waals surface area contributed by atoms with E-state index in [9.17, 15) is 4.79 Å². The second-order valence-electron chi connectivity index (χ2n) is 10.3. The highest BCUT2D eigenvalue weighted by Crippen LogP contribution is 2.28. The molecule has 7 heteroatoms. The Balaban J connectivity index is 1.16. The molecule has 216 valence electrons. The second kappa shape index (κ2) is 13.4. The number of amides is 1. The number of carbonyl (C=O) groups is 1. The van der Waals surface area contributed by atoms with Crippen molar-refractivity contribution in [1.29, 1.82) is 0 Å². The zero-order valence-corrected chi connectivity index (χ0v) is 25.6. The van der Waals surface area contributed by atoms with Crippen LogP contribution >= 0.6 is 15.9 Å². The van der Waals surface area contributed by atoms with Gasteiger partial charge in [-0.2, -0.15) is 10.2 Å². The number of aromatic nitrogens is 2. The fraction of sp³-hybridized carbons (Fsp3) is 0.0541. The molecule has 0 fully saturated rings. The number of benzene rings is 5. The highest BCUT2D eigenvalue weighted by atomic mass is 79.9. The fourth-order valence-corrected chi connectivity index (χ4v) is 5.00. The van der Waals surface area contributed by atoms with Crippen LogP contribution < -0.4 is 10.2 Å². The number of nitrogens with zero attached hydrogens (tertiary/aromatic N) is 3. The molecule has 6 nitrogen and oxygen atoms in total. The third-order valence-corrected chi connectivity index (χ3v) is 7.58. The van der Waals surface area contributed by atoms with Crippen LogP contribution in [0.5, 0.6) is 5.75 Å². The topological polar surface area (TPSA) is 68.5 Å². The molecule has 0 unspecified atom stereocenters. The Bertz CT molecular complexity index is 1900. The molecule has 1 aromatic heterocycles. The fourth-order valence-electron chi connectivity index (χ4n) is 4.74. The summed E-state index contributed by atoms with van der Waals surface area (Å²) in [6, 6.07) is 43.9. The highest BCUT2D eigenvalue weighted by Gasteiger charge is 2.17. The molecule has 1 amide bonds. The molecule has 5 aromatic carbocycles. The molecule has 0 bridgehead atoms. The van der Waals surface area contributed by atoms with Crippen molar-refractivity contribution in [2.45, 2.75) is 13.5 Å². The van der Waals surface area contributed by atoms with Crippen molar-refractivity contribution in [3.05, 3.63) is 160 Å². The number of nitrogens with one attached hydrogen (secondary N) is 1. The van der Waals surface area contributed by atoms with Gasteiger partial charge in [0.15, 0.2) is 5.69 Å². The first-order chi connectivity index (χ1) is 21.5. The summed E-state index contributed by atoms with van der Waals surface area (Å²) in [4.78, 5) is 13.1. The van der Waals surface area contributed by atoms with Crippen LogP contribution in [0.3, 0.4) is 0 Å². The van der Waals surface area contributed by atoms with E-state index in [1.165, 1.54) is 0 Å². The lowest BCUT2D eigenvalue weighted by atomic mass is 10.0. The number of aryl methyl sites for hydroxylation is 1. The molecule has 1 heterocycles. The SMILES string of the molecule is Cc1cccc(-n2nc(C(=O)N/N=C\c3ccc(OCc4ccc(Br)cc4)cc3)cc2-c2ccc(-c3ccccc3)cc2)c1. The number of ether oxygens (including phenoxy) is 1. The normalized spacial score (nSPS) is 11.0. The van der Waals surface area contributed by atoms with Crippen LogP contribution in [0.25, 0.3) is 28.1 Å². The van der Waals surface area contributed by atoms with E-state index in [2.05, 4.69) is 68.0 Å². The van der Waals surface area contributed by atoms with Crippen molar-refractivity contribution in [3.63, 3.8) is 0 Å². The van der Waals surface area contributed by atoms with Crippen LogP contribution in [0.4, 0.5) is 0 Å². The van der Waals surface area contributed by atoms with Gasteiger partial charge in [0.25, 0.3) is 5.91 Å². The standard InChI is InChI=1S/C37H29BrN4O2/c1-26-6-5-9-33(22-26)42-36(31-16-14-30(15-17-31)29-7-3-2-4-8-29)23-35(41-42)37(43)40-39-24-27-12-20-34(21-13-27)44-25-28-10-18-32(38)19-11-28/h2-24H,25H2,1H3,(H,40,43)/b39-24-. The van der Waals surface area contributed by atoms with Gasteiger partial charge in [0.05, 0.1) is 17.6 Å². The van der Waals surface area contributed by atoms with Crippen molar-refractivity contribution in [2.75, 3.05) is 0 Å². The number of halogens is 1. The Morgan fingerprint density at radius 1 is 0.818 bits per heavy atom. The Kier molecular flexibility index (Phi) is 8.75. The van der Waals surface area contributed by atoms with Crippen molar-refractivity contribution >= 4 is 28.1 Å². The van der Waals surface area contributed by atoms with Gasteiger partial charge in [-0.3, -0.25) is 4.79 Å². The number of hydrogen-bond acceptors (Lipinski definition) is 4. The predicted molar refractivity (Wildman–Crippen MR) is 179 cm³/mol. The minimum absolute atomic E-state index is 0.266. The van der Waals surface area contributed by atoms with Gasteiger partial charge in [-0.1, -0.05) is 94.8 Å². The Hall–Kier alpha value is -5.27. The Morgan fingerprint density at radius 2 is 1.52 bits per heavy atom. The second-order valence-corrected chi connectivity index (χ2v) is 11.2. The molecule has 0 saturated heterocycles. The summed E-state index contributed by atoms with van der Waals surface area (Å²) >= 11 is 3.44. The van der Waals surface area contributed by atoms with E-state index < -0.39 is 5.91 Å². The lowest BCUT2D eigenvalue weighted by molar-refractivity contribution is 0.0949. The summed E-state index contributed by atoms with van der Waals surface area (Å²) in [7, 11) is 0. The van der Waals surface area contributed by atoms with Crippen LogP contribution in [0, 0.1) is 6.92 Å². The van der Waals surface area contributed by atoms with Gasteiger partial charge in [0, 0.05) is 10.0 Å². The molecule has 44 heavy (non-hydrogen) atoms. The van der Waals surface area contributed by atoms with Gasteiger partial charge in [0.1, 0.15) is 12.4 Å². The summed E-state index contributed by atoms with van der Waals surface area (Å²) in [5.41, 5.74) is 10.8. The van der Waals surface area contributed by atoms with Crippen molar-refractivity contribution < 1.29 is 9.53 Å². The first-order valence-corrected chi connectivity index (χ1v) is 14.9. The van der Waals surface area contributed by atoms with Gasteiger partial charge < -0.3 is 4.74 Å². The molecule has 6 aromatic rings. The number of rotatable bonds is 9. The van der Waals surface area contributed by atoms with Crippen LogP contribution in [-0.4, -0.2) is 21.9 Å². The molecule has 1 N–H and O–H groups in total. The maximum Gasteiger partial charge on any atom is 0.291 e. The zero-order chi connectivity index (χ0) is 30.3. The van der Waals surface area contributed by atoms with E-state index in [4.69, 9.17) is 4.74 Å². The molecular formula is C37H29BrN4O2. The smallest absolute Gasteiger partial charge is 0.291 e. The van der Waals surface area contributed by atoms with Gasteiger partial charge in [0.2, 0.25) is 0 Å². The van der Waals surface area contributed by atoms with Crippen LogP contribution in [0.2, 0.25) is 0 Å². The predicted octanol–water partition coefficient (Wildman–Crippen LogP) is 8.62. The minimum atomic E-state index is -0.399. The molecule has 6 rings (SSSR count). The summed E-state index contributed by atoms with van der Waals surface area (Å²) in [5.74, 6) is 0.351. The third-order valence-electron chi connectivity index (χ3n) is 7.05. The van der Waals surface area contributed by atoms with Crippen LogP contribution in [-0.2, 0) is 6.61 Å². The summed E-state index contributed by atoms with van der Waals surface area (Å²) in [6.45, 7) is 2.51. The average Bonchev–Trinajstić information content (AvgIpc) is 3.52. The lowest BCUT2D eigenvalue weighted by Gasteiger charge is -2.09. The van der Waals surface area contributed by atoms with Gasteiger partial charge in [-0.05, 0) is 89.3 Å². The Labute approximate surface area is 264 Å². The first-order valence-electron chi connectivity index (χ1n) is 14.2. The van der Waals surface area contributed by atoms with E-state index >= 15 is 0 Å². The molecule has 0 spiro atoms. The molecule has 0 aliphatic carbocycles. The highest BCUT2D eigenvalue weighted by molar-refractivity contribution is 9.10. The van der Waals surface area contributed by atoms with Crippen molar-refractivity contribution in [3.8, 4) is 33.8 Å². The van der Waals surface area contributed by atoms with Crippen LogP contribution in [0.1, 0.15) is 27.2 Å². The quantitative estimate of drug-likeness (QED) is 0.127.